The normalized spacial score (nSPS) is 13.4. The van der Waals surface area contributed by atoms with Crippen LogP contribution in [0.5, 0.6) is 0 Å². The highest BCUT2D eigenvalue weighted by Crippen LogP contribution is 2.26. The Balaban J connectivity index is 2.92. The van der Waals surface area contributed by atoms with Crippen LogP contribution < -0.4 is 0 Å². The van der Waals surface area contributed by atoms with Crippen LogP contribution in [0, 0.1) is 0 Å². The van der Waals surface area contributed by atoms with Gasteiger partial charge in [0.15, 0.2) is 0 Å². The van der Waals surface area contributed by atoms with Crippen LogP contribution in [0.15, 0.2) is 24.3 Å². The first-order valence-corrected chi connectivity index (χ1v) is 6.94. The molecule has 1 atom stereocenters. The van der Waals surface area contributed by atoms with Crippen LogP contribution in [0.1, 0.15) is 31.9 Å². The standard InChI is InChI=1S/C13H18O3S/c1-13(2,3)11-7-5-4-6-10(11)8-17(16)9-12(14)15/h4-7H,8-9H2,1-3H3,(H,14,15). The molecule has 0 heterocycles. The summed E-state index contributed by atoms with van der Waals surface area (Å²) in [6.45, 7) is 6.27. The van der Waals surface area contributed by atoms with Crippen LogP contribution in [0.2, 0.25) is 0 Å². The Labute approximate surface area is 104 Å². The van der Waals surface area contributed by atoms with Crippen molar-refractivity contribution in [1.29, 1.82) is 0 Å². The molecular formula is C13H18O3S. The minimum Gasteiger partial charge on any atom is -0.481 e. The fourth-order valence-corrected chi connectivity index (χ4v) is 2.72. The maximum absolute atomic E-state index is 11.6. The van der Waals surface area contributed by atoms with Gasteiger partial charge < -0.3 is 5.11 Å². The van der Waals surface area contributed by atoms with Gasteiger partial charge in [-0.2, -0.15) is 0 Å². The average Bonchev–Trinajstić information content (AvgIpc) is 2.15. The molecule has 0 aliphatic rings. The van der Waals surface area contributed by atoms with Crippen molar-refractivity contribution in [2.45, 2.75) is 31.9 Å². The predicted octanol–water partition coefficient (Wildman–Crippen LogP) is 2.32. The van der Waals surface area contributed by atoms with E-state index < -0.39 is 16.8 Å². The van der Waals surface area contributed by atoms with Crippen molar-refractivity contribution < 1.29 is 14.1 Å². The molecule has 94 valence electrons. The van der Waals surface area contributed by atoms with Gasteiger partial charge >= 0.3 is 5.97 Å². The quantitative estimate of drug-likeness (QED) is 0.897. The number of carboxylic acids is 1. The van der Waals surface area contributed by atoms with E-state index in [1.807, 2.05) is 24.3 Å². The Hall–Kier alpha value is -1.16. The first-order valence-electron chi connectivity index (χ1n) is 5.46. The maximum atomic E-state index is 11.6. The molecule has 1 aromatic rings. The Morgan fingerprint density at radius 3 is 2.41 bits per heavy atom. The minimum absolute atomic E-state index is 0.0238. The lowest BCUT2D eigenvalue weighted by Crippen LogP contribution is -2.17. The molecule has 1 unspecified atom stereocenters. The molecule has 4 heteroatoms. The van der Waals surface area contributed by atoms with E-state index in [2.05, 4.69) is 20.8 Å². The van der Waals surface area contributed by atoms with Gasteiger partial charge in [0.2, 0.25) is 0 Å². The summed E-state index contributed by atoms with van der Waals surface area (Å²) in [5, 5.41) is 8.60. The number of hydrogen-bond acceptors (Lipinski definition) is 2. The van der Waals surface area contributed by atoms with Crippen LogP contribution in [0.4, 0.5) is 0 Å². The second-order valence-electron chi connectivity index (χ2n) is 5.03. The summed E-state index contributed by atoms with van der Waals surface area (Å²) in [6.07, 6.45) is 0. The van der Waals surface area contributed by atoms with E-state index in [0.29, 0.717) is 5.75 Å². The fraction of sp³-hybridized carbons (Fsp3) is 0.462. The van der Waals surface area contributed by atoms with Gasteiger partial charge in [0.25, 0.3) is 0 Å². The van der Waals surface area contributed by atoms with Gasteiger partial charge in [-0.3, -0.25) is 9.00 Å². The second kappa shape index (κ2) is 5.45. The molecule has 0 spiro atoms. The number of hydrogen-bond donors (Lipinski definition) is 1. The fourth-order valence-electron chi connectivity index (χ4n) is 1.74. The van der Waals surface area contributed by atoms with E-state index in [1.165, 1.54) is 0 Å². The summed E-state index contributed by atoms with van der Waals surface area (Å²) >= 11 is 0. The first kappa shape index (κ1) is 13.9. The van der Waals surface area contributed by atoms with Crippen LogP contribution in [-0.4, -0.2) is 21.0 Å². The lowest BCUT2D eigenvalue weighted by atomic mass is 9.84. The Morgan fingerprint density at radius 1 is 1.29 bits per heavy atom. The van der Waals surface area contributed by atoms with Gasteiger partial charge in [-0.15, -0.1) is 0 Å². The summed E-state index contributed by atoms with van der Waals surface area (Å²) in [5.41, 5.74) is 2.07. The van der Waals surface area contributed by atoms with E-state index in [9.17, 15) is 9.00 Å². The molecule has 0 radical (unpaired) electrons. The molecule has 0 saturated heterocycles. The highest BCUT2D eigenvalue weighted by Gasteiger charge is 2.18. The maximum Gasteiger partial charge on any atom is 0.316 e. The van der Waals surface area contributed by atoms with E-state index in [-0.39, 0.29) is 11.2 Å². The number of benzene rings is 1. The van der Waals surface area contributed by atoms with Gasteiger partial charge in [-0.1, -0.05) is 45.0 Å². The summed E-state index contributed by atoms with van der Waals surface area (Å²) in [7, 11) is -1.35. The number of aliphatic carboxylic acids is 1. The highest BCUT2D eigenvalue weighted by atomic mass is 32.2. The second-order valence-corrected chi connectivity index (χ2v) is 6.49. The molecule has 1 N–H and O–H groups in total. The molecule has 0 bridgehead atoms. The molecule has 0 aromatic heterocycles. The molecule has 0 aliphatic carbocycles. The molecular weight excluding hydrogens is 236 g/mol. The van der Waals surface area contributed by atoms with Gasteiger partial charge in [0.05, 0.1) is 0 Å². The lowest BCUT2D eigenvalue weighted by Gasteiger charge is -2.22. The summed E-state index contributed by atoms with van der Waals surface area (Å²) in [5.74, 6) is -1.00. The summed E-state index contributed by atoms with van der Waals surface area (Å²) < 4.78 is 11.6. The van der Waals surface area contributed by atoms with Crippen molar-refractivity contribution in [2.75, 3.05) is 5.75 Å². The van der Waals surface area contributed by atoms with Crippen molar-refractivity contribution in [3.05, 3.63) is 35.4 Å². The van der Waals surface area contributed by atoms with Gasteiger partial charge in [0, 0.05) is 16.6 Å². The Morgan fingerprint density at radius 2 is 1.88 bits per heavy atom. The number of carbonyl (C=O) groups is 1. The number of rotatable bonds is 4. The third kappa shape index (κ3) is 4.30. The zero-order chi connectivity index (χ0) is 13.1. The van der Waals surface area contributed by atoms with Crippen molar-refractivity contribution in [3.63, 3.8) is 0 Å². The first-order chi connectivity index (χ1) is 7.80. The number of carboxylic acid groups (broad SMARTS) is 1. The molecule has 1 rings (SSSR count). The topological polar surface area (TPSA) is 54.4 Å². The minimum atomic E-state index is -1.35. The third-order valence-corrected chi connectivity index (χ3v) is 3.63. The van der Waals surface area contributed by atoms with Crippen LogP contribution >= 0.6 is 0 Å². The molecule has 0 aliphatic heterocycles. The molecule has 3 nitrogen and oxygen atoms in total. The van der Waals surface area contributed by atoms with Gasteiger partial charge in [0.1, 0.15) is 5.75 Å². The smallest absolute Gasteiger partial charge is 0.316 e. The SMILES string of the molecule is CC(C)(C)c1ccccc1CS(=O)CC(=O)O. The van der Waals surface area contributed by atoms with Crippen molar-refractivity contribution in [3.8, 4) is 0 Å². The Bertz CT molecular complexity index is 433. The van der Waals surface area contributed by atoms with Gasteiger partial charge in [-0.05, 0) is 16.5 Å². The monoisotopic (exact) mass is 254 g/mol. The van der Waals surface area contributed by atoms with Crippen molar-refractivity contribution in [2.24, 2.45) is 0 Å². The predicted molar refractivity (Wildman–Crippen MR) is 69.5 cm³/mol. The average molecular weight is 254 g/mol. The summed E-state index contributed by atoms with van der Waals surface area (Å²) in [4.78, 5) is 10.5. The zero-order valence-corrected chi connectivity index (χ0v) is 11.2. The zero-order valence-electron chi connectivity index (χ0n) is 10.4. The van der Waals surface area contributed by atoms with Crippen LogP contribution in [0.3, 0.4) is 0 Å². The van der Waals surface area contributed by atoms with Crippen LogP contribution in [0.25, 0.3) is 0 Å². The van der Waals surface area contributed by atoms with Crippen LogP contribution in [-0.2, 0) is 26.8 Å². The van der Waals surface area contributed by atoms with Crippen molar-refractivity contribution >= 4 is 16.8 Å². The van der Waals surface area contributed by atoms with Crippen molar-refractivity contribution in [1.82, 2.24) is 0 Å². The molecule has 0 amide bonds. The molecule has 17 heavy (non-hydrogen) atoms. The van der Waals surface area contributed by atoms with E-state index in [4.69, 9.17) is 5.11 Å². The van der Waals surface area contributed by atoms with E-state index in [0.717, 1.165) is 11.1 Å². The molecule has 0 saturated carbocycles. The van der Waals surface area contributed by atoms with Gasteiger partial charge in [-0.25, -0.2) is 0 Å². The largest absolute Gasteiger partial charge is 0.481 e. The van der Waals surface area contributed by atoms with E-state index >= 15 is 0 Å². The third-order valence-electron chi connectivity index (χ3n) is 2.43. The van der Waals surface area contributed by atoms with E-state index in [1.54, 1.807) is 0 Å². The molecule has 1 aromatic carbocycles. The lowest BCUT2D eigenvalue weighted by molar-refractivity contribution is -0.133. The Kier molecular flexibility index (Phi) is 4.46. The summed E-state index contributed by atoms with van der Waals surface area (Å²) in [6, 6.07) is 7.76. The molecule has 0 fully saturated rings. The highest BCUT2D eigenvalue weighted by molar-refractivity contribution is 7.84.